The standard InChI is InChI=1S/C23H29N3O4S/c1-13-14(2)21(22(24)28)23(25-15(13)3)31-12-20(27)26-10-6-7-18(26)17-11-16(29-4)8-9-19(17)30-5/h8-9,11,18H,6-7,10,12H2,1-5H3,(H2,24,28). The summed E-state index contributed by atoms with van der Waals surface area (Å²) in [5.41, 5.74) is 9.53. The van der Waals surface area contributed by atoms with Crippen LogP contribution < -0.4 is 15.2 Å². The van der Waals surface area contributed by atoms with Crippen molar-refractivity contribution < 1.29 is 19.1 Å². The molecule has 8 heteroatoms. The van der Waals surface area contributed by atoms with Crippen LogP contribution in [-0.4, -0.2) is 48.2 Å². The number of methoxy groups -OCH3 is 2. The third-order valence-electron chi connectivity index (χ3n) is 5.91. The molecule has 1 unspecified atom stereocenters. The fourth-order valence-electron chi connectivity index (χ4n) is 4.01. The Kier molecular flexibility index (Phi) is 7.10. The van der Waals surface area contributed by atoms with Crippen LogP contribution in [0.2, 0.25) is 0 Å². The van der Waals surface area contributed by atoms with Gasteiger partial charge in [-0.05, 0) is 62.9 Å². The maximum absolute atomic E-state index is 13.2. The summed E-state index contributed by atoms with van der Waals surface area (Å²) in [4.78, 5) is 31.6. The number of primary amides is 1. The second-order valence-electron chi connectivity index (χ2n) is 7.63. The molecule has 2 N–H and O–H groups in total. The van der Waals surface area contributed by atoms with Gasteiger partial charge in [0.1, 0.15) is 16.5 Å². The number of carbonyl (C=O) groups excluding carboxylic acids is 2. The van der Waals surface area contributed by atoms with Crippen LogP contribution in [0.1, 0.15) is 51.6 Å². The predicted molar refractivity (Wildman–Crippen MR) is 121 cm³/mol. The third kappa shape index (κ3) is 4.63. The van der Waals surface area contributed by atoms with Gasteiger partial charge in [-0.2, -0.15) is 0 Å². The Balaban J connectivity index is 1.83. The van der Waals surface area contributed by atoms with Crippen LogP contribution in [0, 0.1) is 20.8 Å². The van der Waals surface area contributed by atoms with Crippen molar-refractivity contribution in [2.24, 2.45) is 5.73 Å². The maximum Gasteiger partial charge on any atom is 0.251 e. The monoisotopic (exact) mass is 443 g/mol. The Bertz CT molecular complexity index is 1010. The van der Waals surface area contributed by atoms with Gasteiger partial charge in [-0.1, -0.05) is 11.8 Å². The van der Waals surface area contributed by atoms with Crippen LogP contribution in [0.5, 0.6) is 11.5 Å². The molecule has 0 aliphatic carbocycles. The van der Waals surface area contributed by atoms with Gasteiger partial charge in [-0.3, -0.25) is 9.59 Å². The first-order valence-electron chi connectivity index (χ1n) is 10.2. The number of nitrogens with two attached hydrogens (primary N) is 1. The number of aryl methyl sites for hydroxylation is 1. The Morgan fingerprint density at radius 1 is 1.19 bits per heavy atom. The third-order valence-corrected chi connectivity index (χ3v) is 6.87. The van der Waals surface area contributed by atoms with Crippen LogP contribution in [0.4, 0.5) is 0 Å². The summed E-state index contributed by atoms with van der Waals surface area (Å²) in [5, 5.41) is 0.510. The van der Waals surface area contributed by atoms with Crippen LogP contribution in [0.15, 0.2) is 23.2 Å². The molecule has 1 aromatic carbocycles. The van der Waals surface area contributed by atoms with Gasteiger partial charge in [0.15, 0.2) is 0 Å². The van der Waals surface area contributed by atoms with Gasteiger partial charge in [0.05, 0.1) is 31.6 Å². The molecule has 0 spiro atoms. The molecule has 0 radical (unpaired) electrons. The van der Waals surface area contributed by atoms with Crippen molar-refractivity contribution in [3.8, 4) is 11.5 Å². The van der Waals surface area contributed by atoms with Crippen LogP contribution in [-0.2, 0) is 4.79 Å². The maximum atomic E-state index is 13.2. The topological polar surface area (TPSA) is 94.8 Å². The summed E-state index contributed by atoms with van der Waals surface area (Å²) in [5.74, 6) is 1.11. The fraction of sp³-hybridized carbons (Fsp3) is 0.435. The number of ether oxygens (including phenoxy) is 2. The number of aromatic nitrogens is 1. The van der Waals surface area contributed by atoms with Crippen molar-refractivity contribution in [3.05, 3.63) is 46.1 Å². The first-order chi connectivity index (χ1) is 14.8. The summed E-state index contributed by atoms with van der Waals surface area (Å²) in [6.45, 7) is 6.35. The van der Waals surface area contributed by atoms with Gasteiger partial charge in [0.25, 0.3) is 5.91 Å². The molecular weight excluding hydrogens is 414 g/mol. The van der Waals surface area contributed by atoms with Gasteiger partial charge >= 0.3 is 0 Å². The van der Waals surface area contributed by atoms with E-state index in [1.54, 1.807) is 14.2 Å². The Labute approximate surface area is 187 Å². The number of nitrogens with zero attached hydrogens (tertiary/aromatic N) is 2. The lowest BCUT2D eigenvalue weighted by Gasteiger charge is -2.26. The van der Waals surface area contributed by atoms with Gasteiger partial charge in [-0.25, -0.2) is 4.98 Å². The van der Waals surface area contributed by atoms with Crippen molar-refractivity contribution in [3.63, 3.8) is 0 Å². The van der Waals surface area contributed by atoms with Crippen molar-refractivity contribution in [2.75, 3.05) is 26.5 Å². The number of pyridine rings is 1. The minimum atomic E-state index is -0.525. The van der Waals surface area contributed by atoms with Crippen molar-refractivity contribution >= 4 is 23.6 Å². The van der Waals surface area contributed by atoms with E-state index in [9.17, 15) is 9.59 Å². The van der Waals surface area contributed by atoms with Gasteiger partial charge < -0.3 is 20.1 Å². The number of carbonyl (C=O) groups is 2. The average molecular weight is 444 g/mol. The van der Waals surface area contributed by atoms with Gasteiger partial charge in [0.2, 0.25) is 5.91 Å². The highest BCUT2D eigenvalue weighted by Crippen LogP contribution is 2.39. The second kappa shape index (κ2) is 9.60. The number of likely N-dealkylation sites (tertiary alicyclic amines) is 1. The van der Waals surface area contributed by atoms with Crippen molar-refractivity contribution in [1.82, 2.24) is 9.88 Å². The molecule has 0 bridgehead atoms. The average Bonchev–Trinajstić information content (AvgIpc) is 3.24. The van der Waals surface area contributed by atoms with E-state index >= 15 is 0 Å². The Hall–Kier alpha value is -2.74. The van der Waals surface area contributed by atoms with Crippen LogP contribution in [0.25, 0.3) is 0 Å². The highest BCUT2D eigenvalue weighted by atomic mass is 32.2. The van der Waals surface area contributed by atoms with Gasteiger partial charge in [-0.15, -0.1) is 0 Å². The summed E-state index contributed by atoms with van der Waals surface area (Å²) in [6, 6.07) is 5.56. The molecule has 0 saturated carbocycles. The molecule has 1 aromatic heterocycles. The molecular formula is C23H29N3O4S. The van der Waals surface area contributed by atoms with Gasteiger partial charge in [0, 0.05) is 17.8 Å². The van der Waals surface area contributed by atoms with E-state index in [4.69, 9.17) is 15.2 Å². The molecule has 2 aromatic rings. The largest absolute Gasteiger partial charge is 0.497 e. The minimum Gasteiger partial charge on any atom is -0.497 e. The smallest absolute Gasteiger partial charge is 0.251 e. The van der Waals surface area contributed by atoms with Crippen molar-refractivity contribution in [1.29, 1.82) is 0 Å². The van der Waals surface area contributed by atoms with E-state index < -0.39 is 5.91 Å². The van der Waals surface area contributed by atoms with Crippen molar-refractivity contribution in [2.45, 2.75) is 44.7 Å². The zero-order valence-corrected chi connectivity index (χ0v) is 19.5. The predicted octanol–water partition coefficient (Wildman–Crippen LogP) is 3.58. The van der Waals surface area contributed by atoms with Crippen LogP contribution in [0.3, 0.4) is 0 Å². The number of benzene rings is 1. The molecule has 7 nitrogen and oxygen atoms in total. The first kappa shape index (κ1) is 22.9. The Morgan fingerprint density at radius 2 is 1.94 bits per heavy atom. The lowest BCUT2D eigenvalue weighted by Crippen LogP contribution is -2.32. The molecule has 1 saturated heterocycles. The molecule has 2 amide bonds. The number of hydrogen-bond donors (Lipinski definition) is 1. The number of thioether (sulfide) groups is 1. The molecule has 166 valence electrons. The quantitative estimate of drug-likeness (QED) is 0.658. The van der Waals surface area contributed by atoms with Crippen LogP contribution >= 0.6 is 11.8 Å². The number of amides is 2. The SMILES string of the molecule is COc1ccc(OC)c(C2CCCN2C(=O)CSc2nc(C)c(C)c(C)c2C(N)=O)c1. The molecule has 31 heavy (non-hydrogen) atoms. The zero-order chi connectivity index (χ0) is 22.7. The lowest BCUT2D eigenvalue weighted by molar-refractivity contribution is -0.129. The highest BCUT2D eigenvalue weighted by molar-refractivity contribution is 8.00. The summed E-state index contributed by atoms with van der Waals surface area (Å²) < 4.78 is 10.9. The number of hydrogen-bond acceptors (Lipinski definition) is 6. The van der Waals surface area contributed by atoms with E-state index in [2.05, 4.69) is 4.98 Å². The molecule has 1 atom stereocenters. The molecule has 2 heterocycles. The number of rotatable bonds is 7. The zero-order valence-electron chi connectivity index (χ0n) is 18.7. The normalized spacial score (nSPS) is 15.8. The first-order valence-corrected chi connectivity index (χ1v) is 11.2. The van der Waals surface area contributed by atoms with E-state index in [-0.39, 0.29) is 17.7 Å². The molecule has 3 rings (SSSR count). The summed E-state index contributed by atoms with van der Waals surface area (Å²) in [7, 11) is 3.25. The highest BCUT2D eigenvalue weighted by Gasteiger charge is 2.32. The summed E-state index contributed by atoms with van der Waals surface area (Å²) >= 11 is 1.26. The summed E-state index contributed by atoms with van der Waals surface area (Å²) in [6.07, 6.45) is 1.77. The fourth-order valence-corrected chi connectivity index (χ4v) is 5.03. The van der Waals surface area contributed by atoms with E-state index in [1.807, 2.05) is 43.9 Å². The molecule has 1 fully saturated rings. The minimum absolute atomic E-state index is 0.00882. The molecule has 1 aliphatic rings. The Morgan fingerprint density at radius 3 is 2.58 bits per heavy atom. The lowest BCUT2D eigenvalue weighted by atomic mass is 10.0. The van der Waals surface area contributed by atoms with E-state index in [0.29, 0.717) is 17.1 Å². The molecule has 1 aliphatic heterocycles. The van der Waals surface area contributed by atoms with E-state index in [0.717, 1.165) is 46.7 Å². The second-order valence-corrected chi connectivity index (χ2v) is 8.60. The van der Waals surface area contributed by atoms with E-state index in [1.165, 1.54) is 11.8 Å².